The van der Waals surface area contributed by atoms with Crippen LogP contribution in [0.1, 0.15) is 26.7 Å². The van der Waals surface area contributed by atoms with Crippen molar-refractivity contribution in [2.45, 2.75) is 32.5 Å². The van der Waals surface area contributed by atoms with Crippen molar-refractivity contribution < 1.29 is 14.3 Å². The molecule has 6 nitrogen and oxygen atoms in total. The first-order chi connectivity index (χ1) is 11.5. The second kappa shape index (κ2) is 6.73. The monoisotopic (exact) mass is 331 g/mol. The highest BCUT2D eigenvalue weighted by molar-refractivity contribution is 5.89. The third kappa shape index (κ3) is 3.82. The number of ether oxygens (including phenoxy) is 2. The van der Waals surface area contributed by atoms with E-state index in [1.165, 1.54) is 5.57 Å². The molecule has 0 aromatic heterocycles. The molecule has 2 heterocycles. The Balaban J connectivity index is 1.54. The molecule has 0 saturated heterocycles. The van der Waals surface area contributed by atoms with E-state index in [9.17, 15) is 4.79 Å². The Bertz CT molecular complexity index is 659. The Hall–Kier alpha value is -2.21. The summed E-state index contributed by atoms with van der Waals surface area (Å²) in [5.41, 5.74) is 1.96. The van der Waals surface area contributed by atoms with Crippen LogP contribution >= 0.6 is 0 Å². The van der Waals surface area contributed by atoms with Crippen LogP contribution in [0.3, 0.4) is 0 Å². The Morgan fingerprint density at radius 1 is 1.33 bits per heavy atom. The number of anilines is 1. The minimum absolute atomic E-state index is 0.216. The molecule has 24 heavy (non-hydrogen) atoms. The van der Waals surface area contributed by atoms with Crippen molar-refractivity contribution in [1.82, 2.24) is 10.2 Å². The lowest BCUT2D eigenvalue weighted by Gasteiger charge is -2.22. The van der Waals surface area contributed by atoms with Gasteiger partial charge in [-0.25, -0.2) is 4.79 Å². The maximum absolute atomic E-state index is 12.1. The molecule has 0 spiro atoms. The predicted octanol–water partition coefficient (Wildman–Crippen LogP) is 2.97. The largest absolute Gasteiger partial charge is 0.449 e. The molecule has 0 bridgehead atoms. The average Bonchev–Trinajstić information content (AvgIpc) is 2.91. The Morgan fingerprint density at radius 3 is 2.83 bits per heavy atom. The summed E-state index contributed by atoms with van der Waals surface area (Å²) in [6, 6.07) is 5.22. The van der Waals surface area contributed by atoms with Crippen LogP contribution in [-0.4, -0.2) is 43.4 Å². The van der Waals surface area contributed by atoms with Crippen molar-refractivity contribution in [3.05, 3.63) is 29.8 Å². The van der Waals surface area contributed by atoms with Gasteiger partial charge in [0, 0.05) is 44.7 Å². The van der Waals surface area contributed by atoms with E-state index >= 15 is 0 Å². The quantitative estimate of drug-likeness (QED) is 0.833. The maximum Gasteiger partial charge on any atom is 0.319 e. The van der Waals surface area contributed by atoms with Crippen molar-refractivity contribution >= 4 is 11.7 Å². The van der Waals surface area contributed by atoms with Gasteiger partial charge in [0.05, 0.1) is 0 Å². The van der Waals surface area contributed by atoms with Gasteiger partial charge in [-0.3, -0.25) is 0 Å². The number of benzene rings is 1. The molecule has 0 fully saturated rings. The van der Waals surface area contributed by atoms with E-state index in [1.54, 1.807) is 6.07 Å². The molecule has 0 unspecified atom stereocenters. The summed E-state index contributed by atoms with van der Waals surface area (Å²) >= 11 is 0. The topological polar surface area (TPSA) is 62.8 Å². The molecule has 1 atom stereocenters. The van der Waals surface area contributed by atoms with Crippen LogP contribution < -0.4 is 20.1 Å². The lowest BCUT2D eigenvalue weighted by molar-refractivity contribution is -0.0640. The zero-order chi connectivity index (χ0) is 17.2. The molecule has 3 rings (SSSR count). The summed E-state index contributed by atoms with van der Waals surface area (Å²) in [6.07, 6.45) is 3.92. The summed E-state index contributed by atoms with van der Waals surface area (Å²) in [5.74, 6) is 0.751. The van der Waals surface area contributed by atoms with Crippen molar-refractivity contribution in [3.63, 3.8) is 0 Å². The molecule has 0 radical (unpaired) electrons. The van der Waals surface area contributed by atoms with E-state index in [0.29, 0.717) is 23.7 Å². The maximum atomic E-state index is 12.1. The van der Waals surface area contributed by atoms with Crippen molar-refractivity contribution in [2.24, 2.45) is 0 Å². The number of nitrogens with zero attached hydrogens (tertiary/aromatic N) is 1. The molecule has 2 amide bonds. The van der Waals surface area contributed by atoms with Gasteiger partial charge < -0.3 is 25.0 Å². The summed E-state index contributed by atoms with van der Waals surface area (Å²) in [5, 5.41) is 5.74. The van der Waals surface area contributed by atoms with E-state index in [2.05, 4.69) is 28.7 Å². The first-order valence-corrected chi connectivity index (χ1v) is 8.41. The Kier molecular flexibility index (Phi) is 4.66. The van der Waals surface area contributed by atoms with Crippen LogP contribution in [0.4, 0.5) is 10.5 Å². The molecule has 130 valence electrons. The number of hydrogen-bond acceptors (Lipinski definition) is 4. The van der Waals surface area contributed by atoms with Gasteiger partial charge >= 0.3 is 6.03 Å². The Labute approximate surface area is 142 Å². The van der Waals surface area contributed by atoms with Crippen LogP contribution in [0.5, 0.6) is 11.5 Å². The van der Waals surface area contributed by atoms with Crippen LogP contribution in [0.15, 0.2) is 29.8 Å². The molecule has 2 aliphatic heterocycles. The minimum Gasteiger partial charge on any atom is -0.449 e. The van der Waals surface area contributed by atoms with Crippen LogP contribution in [0.25, 0.3) is 0 Å². The van der Waals surface area contributed by atoms with Crippen molar-refractivity contribution in [2.75, 3.05) is 32.0 Å². The second-order valence-corrected chi connectivity index (χ2v) is 6.54. The van der Waals surface area contributed by atoms with E-state index in [4.69, 9.17) is 9.47 Å². The van der Waals surface area contributed by atoms with Crippen molar-refractivity contribution in [1.29, 1.82) is 0 Å². The number of rotatable bonds is 4. The third-order valence-corrected chi connectivity index (χ3v) is 4.48. The summed E-state index contributed by atoms with van der Waals surface area (Å²) in [7, 11) is 2.09. The minimum atomic E-state index is -0.621. The lowest BCUT2D eigenvalue weighted by atomic mass is 10.1. The zero-order valence-electron chi connectivity index (χ0n) is 14.5. The molecule has 1 aromatic carbocycles. The van der Waals surface area contributed by atoms with E-state index in [1.807, 2.05) is 26.0 Å². The second-order valence-electron chi connectivity index (χ2n) is 6.54. The smallest absolute Gasteiger partial charge is 0.319 e. The number of nitrogens with one attached hydrogen (secondary N) is 2. The van der Waals surface area contributed by atoms with Crippen LogP contribution in [0.2, 0.25) is 0 Å². The molecule has 0 aliphatic carbocycles. The van der Waals surface area contributed by atoms with Gasteiger partial charge in [0.15, 0.2) is 11.5 Å². The summed E-state index contributed by atoms with van der Waals surface area (Å²) in [4.78, 5) is 14.3. The number of fused-ring (bicyclic) bond motifs is 1. The molecule has 6 heteroatoms. The highest BCUT2D eigenvalue weighted by Crippen LogP contribution is 2.41. The number of urea groups is 1. The van der Waals surface area contributed by atoms with Crippen molar-refractivity contribution in [3.8, 4) is 11.5 Å². The highest BCUT2D eigenvalue weighted by Gasteiger charge is 2.34. The molecular weight excluding hydrogens is 306 g/mol. The molecule has 0 saturated carbocycles. The summed E-state index contributed by atoms with van der Waals surface area (Å²) in [6.45, 7) is 6.47. The van der Waals surface area contributed by atoms with Gasteiger partial charge in [-0.2, -0.15) is 0 Å². The standard InChI is InChI=1S/C18H25N3O3/c1-4-18(2)23-15-6-5-14(11-16(15)24-18)20-17(22)19-12-13-7-9-21(3)10-8-13/h5-7,11H,4,8-10,12H2,1-3H3,(H2,19,20,22)/t18-/m1/s1. The van der Waals surface area contributed by atoms with E-state index in [-0.39, 0.29) is 6.03 Å². The summed E-state index contributed by atoms with van der Waals surface area (Å²) < 4.78 is 11.6. The van der Waals surface area contributed by atoms with Gasteiger partial charge in [0.25, 0.3) is 0 Å². The molecule has 2 N–H and O–H groups in total. The predicted molar refractivity (Wildman–Crippen MR) is 93.6 cm³/mol. The first kappa shape index (κ1) is 16.6. The zero-order valence-corrected chi connectivity index (χ0v) is 14.5. The third-order valence-electron chi connectivity index (χ3n) is 4.48. The van der Waals surface area contributed by atoms with Gasteiger partial charge in [-0.05, 0) is 25.6 Å². The number of hydrogen-bond donors (Lipinski definition) is 2. The van der Waals surface area contributed by atoms with Crippen LogP contribution in [0, 0.1) is 0 Å². The number of likely N-dealkylation sites (N-methyl/N-ethyl adjacent to an activating group) is 1. The molecular formula is C18H25N3O3. The van der Waals surface area contributed by atoms with Gasteiger partial charge in [-0.15, -0.1) is 0 Å². The number of carbonyl (C=O) groups is 1. The van der Waals surface area contributed by atoms with Gasteiger partial charge in [-0.1, -0.05) is 18.6 Å². The van der Waals surface area contributed by atoms with Gasteiger partial charge in [0.2, 0.25) is 5.79 Å². The fourth-order valence-corrected chi connectivity index (χ4v) is 2.72. The fraction of sp³-hybridized carbons (Fsp3) is 0.500. The normalized spacial score (nSPS) is 22.9. The van der Waals surface area contributed by atoms with E-state index < -0.39 is 5.79 Å². The van der Waals surface area contributed by atoms with Gasteiger partial charge in [0.1, 0.15) is 0 Å². The Morgan fingerprint density at radius 2 is 2.12 bits per heavy atom. The average molecular weight is 331 g/mol. The van der Waals surface area contributed by atoms with E-state index in [0.717, 1.165) is 25.9 Å². The molecule has 2 aliphatic rings. The molecule has 1 aromatic rings. The fourth-order valence-electron chi connectivity index (χ4n) is 2.72. The number of amides is 2. The number of carbonyl (C=O) groups excluding carboxylic acids is 1. The SMILES string of the molecule is CC[C@]1(C)Oc2ccc(NC(=O)NCC3=CCN(C)CC3)cc2O1. The lowest BCUT2D eigenvalue weighted by Crippen LogP contribution is -2.33. The van der Waals surface area contributed by atoms with Crippen LogP contribution in [-0.2, 0) is 0 Å². The first-order valence-electron chi connectivity index (χ1n) is 8.41. The highest BCUT2D eigenvalue weighted by atomic mass is 16.7.